The van der Waals surface area contributed by atoms with Crippen LogP contribution in [0.5, 0.6) is 5.75 Å². The summed E-state index contributed by atoms with van der Waals surface area (Å²) in [6, 6.07) is 3.22. The van der Waals surface area contributed by atoms with Crippen LogP contribution in [0.25, 0.3) is 0 Å². The average Bonchev–Trinajstić information content (AvgIpc) is 2.99. The third kappa shape index (κ3) is 1.92. The minimum atomic E-state index is -1.00. The SMILES string of the molecule is COc1c(C(=O)O)cc(Cl)cc1C1CC1. The first kappa shape index (κ1) is 10.3. The molecule has 1 saturated carbocycles. The molecule has 0 amide bonds. The maximum atomic E-state index is 11.0. The van der Waals surface area contributed by atoms with Crippen LogP contribution in [-0.2, 0) is 0 Å². The number of aromatic carboxylic acids is 1. The van der Waals surface area contributed by atoms with Crippen LogP contribution >= 0.6 is 11.6 Å². The molecule has 0 atom stereocenters. The second kappa shape index (κ2) is 3.74. The largest absolute Gasteiger partial charge is 0.496 e. The highest BCUT2D eigenvalue weighted by Crippen LogP contribution is 2.46. The zero-order valence-corrected chi connectivity index (χ0v) is 9.04. The minimum absolute atomic E-state index is 0.145. The lowest BCUT2D eigenvalue weighted by Gasteiger charge is -2.11. The summed E-state index contributed by atoms with van der Waals surface area (Å²) in [6.45, 7) is 0. The Morgan fingerprint density at radius 1 is 1.53 bits per heavy atom. The van der Waals surface area contributed by atoms with Gasteiger partial charge in [-0.2, -0.15) is 0 Å². The molecule has 1 fully saturated rings. The monoisotopic (exact) mass is 226 g/mol. The summed E-state index contributed by atoms with van der Waals surface area (Å²) in [4.78, 5) is 11.0. The van der Waals surface area contributed by atoms with Gasteiger partial charge in [-0.3, -0.25) is 0 Å². The molecule has 0 radical (unpaired) electrons. The topological polar surface area (TPSA) is 46.5 Å². The van der Waals surface area contributed by atoms with E-state index in [1.807, 2.05) is 0 Å². The highest BCUT2D eigenvalue weighted by molar-refractivity contribution is 6.31. The molecule has 0 aliphatic heterocycles. The molecule has 1 aliphatic carbocycles. The third-order valence-corrected chi connectivity index (χ3v) is 2.75. The lowest BCUT2D eigenvalue weighted by atomic mass is 10.0. The van der Waals surface area contributed by atoms with Crippen LogP contribution in [0.15, 0.2) is 12.1 Å². The van der Waals surface area contributed by atoms with Crippen molar-refractivity contribution in [1.82, 2.24) is 0 Å². The molecule has 1 aliphatic rings. The van der Waals surface area contributed by atoms with Gasteiger partial charge in [0.15, 0.2) is 0 Å². The predicted octanol–water partition coefficient (Wildman–Crippen LogP) is 2.92. The van der Waals surface area contributed by atoms with Gasteiger partial charge in [0.05, 0.1) is 7.11 Å². The summed E-state index contributed by atoms with van der Waals surface area (Å²) in [5.74, 6) is -0.137. The van der Waals surface area contributed by atoms with Crippen LogP contribution in [0.1, 0.15) is 34.7 Å². The van der Waals surface area contributed by atoms with E-state index in [0.29, 0.717) is 16.7 Å². The van der Waals surface area contributed by atoms with Crippen molar-refractivity contribution < 1.29 is 14.6 Å². The number of hydrogen-bond donors (Lipinski definition) is 1. The summed E-state index contributed by atoms with van der Waals surface area (Å²) in [7, 11) is 1.49. The lowest BCUT2D eigenvalue weighted by molar-refractivity contribution is 0.0693. The molecule has 3 nitrogen and oxygen atoms in total. The quantitative estimate of drug-likeness (QED) is 0.862. The fourth-order valence-electron chi connectivity index (χ4n) is 1.70. The number of carbonyl (C=O) groups is 1. The third-order valence-electron chi connectivity index (χ3n) is 2.53. The summed E-state index contributed by atoms with van der Waals surface area (Å²) in [6.07, 6.45) is 2.16. The van der Waals surface area contributed by atoms with Crippen LogP contribution in [0.4, 0.5) is 0 Å². The molecule has 1 aromatic carbocycles. The van der Waals surface area contributed by atoms with Crippen LogP contribution in [0.2, 0.25) is 5.02 Å². The molecule has 0 aromatic heterocycles. The number of carboxylic acids is 1. The summed E-state index contributed by atoms with van der Waals surface area (Å²) < 4.78 is 5.15. The van der Waals surface area contributed by atoms with E-state index in [9.17, 15) is 4.79 Å². The molecule has 0 spiro atoms. The number of benzene rings is 1. The molecule has 0 unspecified atom stereocenters. The second-order valence-corrected chi connectivity index (χ2v) is 4.09. The van der Waals surface area contributed by atoms with Gasteiger partial charge < -0.3 is 9.84 Å². The highest BCUT2D eigenvalue weighted by atomic mass is 35.5. The molecule has 0 heterocycles. The summed E-state index contributed by atoms with van der Waals surface area (Å²) >= 11 is 5.88. The lowest BCUT2D eigenvalue weighted by Crippen LogP contribution is -2.03. The van der Waals surface area contributed by atoms with Crippen molar-refractivity contribution in [2.75, 3.05) is 7.11 Å². The van der Waals surface area contributed by atoms with Gasteiger partial charge in [0.1, 0.15) is 11.3 Å². The summed E-state index contributed by atoms with van der Waals surface area (Å²) in [5.41, 5.74) is 1.06. The van der Waals surface area contributed by atoms with Gasteiger partial charge in [0, 0.05) is 5.02 Å². The Kier molecular flexibility index (Phi) is 2.57. The molecule has 15 heavy (non-hydrogen) atoms. The minimum Gasteiger partial charge on any atom is -0.496 e. The molecular weight excluding hydrogens is 216 g/mol. The van der Waals surface area contributed by atoms with Gasteiger partial charge in [-0.1, -0.05) is 11.6 Å². The van der Waals surface area contributed by atoms with Gasteiger partial charge in [0.2, 0.25) is 0 Å². The fraction of sp³-hybridized carbons (Fsp3) is 0.364. The van der Waals surface area contributed by atoms with E-state index in [4.69, 9.17) is 21.4 Å². The number of rotatable bonds is 3. The van der Waals surface area contributed by atoms with Crippen molar-refractivity contribution in [3.63, 3.8) is 0 Å². The Hall–Kier alpha value is -1.22. The van der Waals surface area contributed by atoms with E-state index in [1.165, 1.54) is 13.2 Å². The van der Waals surface area contributed by atoms with Crippen LogP contribution in [-0.4, -0.2) is 18.2 Å². The van der Waals surface area contributed by atoms with E-state index in [0.717, 1.165) is 18.4 Å². The normalized spacial score (nSPS) is 15.1. The van der Waals surface area contributed by atoms with E-state index < -0.39 is 5.97 Å². The number of hydrogen-bond acceptors (Lipinski definition) is 2. The van der Waals surface area contributed by atoms with E-state index >= 15 is 0 Å². The van der Waals surface area contributed by atoms with Gasteiger partial charge >= 0.3 is 5.97 Å². The van der Waals surface area contributed by atoms with Crippen molar-refractivity contribution >= 4 is 17.6 Å². The molecule has 80 valence electrons. The maximum Gasteiger partial charge on any atom is 0.339 e. The zero-order valence-electron chi connectivity index (χ0n) is 8.29. The first-order valence-corrected chi connectivity index (χ1v) is 5.12. The molecule has 1 N–H and O–H groups in total. The Labute approximate surface area is 92.6 Å². The van der Waals surface area contributed by atoms with Crippen LogP contribution in [0, 0.1) is 0 Å². The average molecular weight is 227 g/mol. The number of methoxy groups -OCH3 is 1. The Bertz CT molecular complexity index is 411. The van der Waals surface area contributed by atoms with Crippen molar-refractivity contribution in [3.05, 3.63) is 28.3 Å². The Morgan fingerprint density at radius 3 is 2.67 bits per heavy atom. The molecule has 1 aromatic rings. The van der Waals surface area contributed by atoms with Crippen LogP contribution in [0.3, 0.4) is 0 Å². The molecule has 2 rings (SSSR count). The highest BCUT2D eigenvalue weighted by Gasteiger charge is 2.29. The Morgan fingerprint density at radius 2 is 2.20 bits per heavy atom. The molecule has 0 bridgehead atoms. The summed E-state index contributed by atoms with van der Waals surface area (Å²) in [5, 5.41) is 9.46. The van der Waals surface area contributed by atoms with E-state index in [1.54, 1.807) is 6.07 Å². The van der Waals surface area contributed by atoms with E-state index in [2.05, 4.69) is 0 Å². The van der Waals surface area contributed by atoms with Crippen molar-refractivity contribution in [1.29, 1.82) is 0 Å². The van der Waals surface area contributed by atoms with E-state index in [-0.39, 0.29) is 5.56 Å². The van der Waals surface area contributed by atoms with Crippen molar-refractivity contribution in [2.45, 2.75) is 18.8 Å². The number of halogens is 1. The first-order chi connectivity index (χ1) is 7.13. The van der Waals surface area contributed by atoms with Gasteiger partial charge in [0.25, 0.3) is 0 Å². The van der Waals surface area contributed by atoms with Crippen molar-refractivity contribution in [2.24, 2.45) is 0 Å². The van der Waals surface area contributed by atoms with Gasteiger partial charge in [-0.05, 0) is 36.5 Å². The molecule has 4 heteroatoms. The van der Waals surface area contributed by atoms with Gasteiger partial charge in [-0.25, -0.2) is 4.79 Å². The van der Waals surface area contributed by atoms with Gasteiger partial charge in [-0.15, -0.1) is 0 Å². The Balaban J connectivity index is 2.57. The zero-order chi connectivity index (χ0) is 11.0. The number of carboxylic acid groups (broad SMARTS) is 1. The molecule has 0 saturated heterocycles. The smallest absolute Gasteiger partial charge is 0.339 e. The van der Waals surface area contributed by atoms with Crippen molar-refractivity contribution in [3.8, 4) is 5.75 Å². The standard InChI is InChI=1S/C11H11ClO3/c1-15-10-8(6-2-3-6)4-7(12)5-9(10)11(13)14/h4-6H,2-3H2,1H3,(H,13,14). The maximum absolute atomic E-state index is 11.0. The number of ether oxygens (including phenoxy) is 1. The predicted molar refractivity (Wildman–Crippen MR) is 56.9 cm³/mol. The first-order valence-electron chi connectivity index (χ1n) is 4.74. The van der Waals surface area contributed by atoms with Crippen LogP contribution < -0.4 is 4.74 Å². The second-order valence-electron chi connectivity index (χ2n) is 3.66. The fourth-order valence-corrected chi connectivity index (χ4v) is 1.93. The molecular formula is C11H11ClO3.